The highest BCUT2D eigenvalue weighted by Gasteiger charge is 1.58. The van der Waals surface area contributed by atoms with Crippen LogP contribution >= 0.6 is 0 Å². The van der Waals surface area contributed by atoms with Crippen molar-refractivity contribution in [1.82, 2.24) is 10.2 Å². The first-order chi connectivity index (χ1) is 7.91. The van der Waals surface area contributed by atoms with Gasteiger partial charge in [-0.15, -0.1) is 0 Å². The molecule has 95 valence electrons. The molecule has 1 N–H and O–H groups in total. The van der Waals surface area contributed by atoms with Gasteiger partial charge in [-0.1, -0.05) is 70.5 Å². The van der Waals surface area contributed by atoms with E-state index < -0.39 is 0 Å². The van der Waals surface area contributed by atoms with Gasteiger partial charge in [0.25, 0.3) is 0 Å². The van der Waals surface area contributed by atoms with E-state index in [1.54, 1.807) is 12.4 Å². The third-order valence-corrected chi connectivity index (χ3v) is 1.07. The Morgan fingerprint density at radius 3 is 1.35 bits per heavy atom. The van der Waals surface area contributed by atoms with Crippen molar-refractivity contribution in [1.29, 1.82) is 0 Å². The molecule has 0 fully saturated rings. The van der Waals surface area contributed by atoms with Gasteiger partial charge in [0.2, 0.25) is 0 Å². The summed E-state index contributed by atoms with van der Waals surface area (Å²) in [5.74, 6) is 0. The zero-order valence-corrected chi connectivity index (χ0v) is 11.4. The van der Waals surface area contributed by atoms with E-state index in [-0.39, 0.29) is 9.84 Å². The summed E-state index contributed by atoms with van der Waals surface area (Å²) in [5, 5.41) is 6.21. The van der Waals surface area contributed by atoms with E-state index in [0.717, 1.165) is 0 Å². The molecule has 2 aromatic rings. The quantitative estimate of drug-likeness (QED) is 0.672. The Morgan fingerprint density at radius 2 is 1.24 bits per heavy atom. The first-order valence-electron chi connectivity index (χ1n) is 5.85. The first-order valence-corrected chi connectivity index (χ1v) is 5.85. The number of hydrogen-bond donors (Lipinski definition) is 1. The summed E-state index contributed by atoms with van der Waals surface area (Å²) in [7, 11) is 0. The summed E-state index contributed by atoms with van der Waals surface area (Å²) in [6.45, 7) is 8.25. The molecule has 0 aliphatic carbocycles. The monoisotopic (exact) mass is 234 g/mol. The van der Waals surface area contributed by atoms with Crippen LogP contribution in [0.2, 0.25) is 0 Å². The minimum absolute atomic E-state index is 0. The molecule has 0 unspecified atom stereocenters. The molecule has 2 nitrogen and oxygen atoms in total. The van der Waals surface area contributed by atoms with Crippen molar-refractivity contribution >= 4 is 8.41 Å². The molecule has 3 radical (unpaired) electrons. The Morgan fingerprint density at radius 1 is 0.882 bits per heavy atom. The van der Waals surface area contributed by atoms with Crippen molar-refractivity contribution in [3.05, 3.63) is 54.9 Å². The first kappa shape index (κ1) is 20.9. The second kappa shape index (κ2) is 24.0. The molecule has 1 aromatic heterocycles. The number of rotatable bonds is 0. The Hall–Kier alpha value is -1.51. The van der Waals surface area contributed by atoms with Gasteiger partial charge in [-0.2, -0.15) is 5.10 Å². The van der Waals surface area contributed by atoms with E-state index >= 15 is 0 Å². The number of H-pyrrole nitrogens is 1. The van der Waals surface area contributed by atoms with E-state index in [0.29, 0.717) is 0 Å². The van der Waals surface area contributed by atoms with E-state index in [2.05, 4.69) is 24.0 Å². The molecule has 0 spiro atoms. The molecule has 2 rings (SSSR count). The van der Waals surface area contributed by atoms with Gasteiger partial charge in [-0.25, -0.2) is 0 Å². The highest BCUT2D eigenvalue weighted by atomic mass is 15.1. The molecule has 0 aliphatic rings. The van der Waals surface area contributed by atoms with Gasteiger partial charge in [0.05, 0.1) is 0 Å². The molecular formula is C14H26BN2. The van der Waals surface area contributed by atoms with Crippen LogP contribution in [0.5, 0.6) is 0 Å². The molecule has 0 saturated heterocycles. The number of benzene rings is 1. The number of nitrogens with zero attached hydrogens (tertiary/aromatic N) is 1. The van der Waals surface area contributed by atoms with Crippen LogP contribution in [0, 0.1) is 0 Å². The maximum Gasteiger partial charge on any atom is 0.0487 e. The lowest BCUT2D eigenvalue weighted by atomic mass is 10.4. The lowest BCUT2D eigenvalue weighted by Crippen LogP contribution is -1.53. The Bertz CT molecular complexity index is 218. The van der Waals surface area contributed by atoms with Crippen molar-refractivity contribution in [3.8, 4) is 0 Å². The minimum atomic E-state index is 0. The molecule has 0 aliphatic heterocycles. The van der Waals surface area contributed by atoms with Crippen molar-refractivity contribution < 1.29 is 1.43 Å². The van der Waals surface area contributed by atoms with Crippen LogP contribution in [-0.4, -0.2) is 18.6 Å². The van der Waals surface area contributed by atoms with E-state index in [1.165, 1.54) is 6.42 Å². The minimum Gasteiger partial charge on any atom is -0.286 e. The molecule has 3 heteroatoms. The van der Waals surface area contributed by atoms with Gasteiger partial charge in [0.15, 0.2) is 0 Å². The number of aromatic nitrogens is 2. The van der Waals surface area contributed by atoms with Crippen LogP contribution in [0.15, 0.2) is 54.9 Å². The van der Waals surface area contributed by atoms with Gasteiger partial charge in [-0.3, -0.25) is 5.10 Å². The van der Waals surface area contributed by atoms with Crippen LogP contribution in [0.25, 0.3) is 0 Å². The van der Waals surface area contributed by atoms with Crippen LogP contribution < -0.4 is 0 Å². The van der Waals surface area contributed by atoms with Gasteiger partial charge in [-0.05, 0) is 6.07 Å². The van der Waals surface area contributed by atoms with Gasteiger partial charge in [0, 0.05) is 22.2 Å². The molecule has 0 saturated carbocycles. The molecular weight excluding hydrogens is 207 g/mol. The van der Waals surface area contributed by atoms with E-state index in [4.69, 9.17) is 0 Å². The van der Waals surface area contributed by atoms with Crippen LogP contribution in [0.4, 0.5) is 0 Å². The highest BCUT2D eigenvalue weighted by molar-refractivity contribution is 5.75. The lowest BCUT2D eigenvalue weighted by Gasteiger charge is -1.69. The number of hydrogen-bond acceptors (Lipinski definition) is 1. The smallest absolute Gasteiger partial charge is 0.0487 e. The summed E-state index contributed by atoms with van der Waals surface area (Å²) < 4.78 is 0. The Labute approximate surface area is 110 Å². The SMILES string of the molecule is CC.CCC.[2HH].[B].c1ccccc1.c1cn[nH]c1. The van der Waals surface area contributed by atoms with Crippen LogP contribution in [-0.2, 0) is 0 Å². The predicted octanol–water partition coefficient (Wildman–Crippen LogP) is 4.40. The van der Waals surface area contributed by atoms with E-state index in [1.807, 2.05) is 56.3 Å². The summed E-state index contributed by atoms with van der Waals surface area (Å²) in [4.78, 5) is 0. The second-order valence-electron chi connectivity index (χ2n) is 2.63. The van der Waals surface area contributed by atoms with Crippen molar-refractivity contribution in [2.75, 3.05) is 0 Å². The molecule has 0 bridgehead atoms. The largest absolute Gasteiger partial charge is 0.286 e. The van der Waals surface area contributed by atoms with E-state index in [9.17, 15) is 0 Å². The Kier molecular flexibility index (Phi) is 29.4. The highest BCUT2D eigenvalue weighted by Crippen LogP contribution is 1.79. The summed E-state index contributed by atoms with van der Waals surface area (Å²) >= 11 is 0. The summed E-state index contributed by atoms with van der Waals surface area (Å²) in [6.07, 6.45) is 4.71. The average Bonchev–Trinajstić information content (AvgIpc) is 2.94. The summed E-state index contributed by atoms with van der Waals surface area (Å²) in [6, 6.07) is 13.8. The normalized spacial score (nSPS) is 6.59. The maximum absolute atomic E-state index is 3.60. The van der Waals surface area contributed by atoms with Crippen molar-refractivity contribution in [2.45, 2.75) is 34.1 Å². The predicted molar refractivity (Wildman–Crippen MR) is 80.2 cm³/mol. The van der Waals surface area contributed by atoms with Gasteiger partial charge < -0.3 is 0 Å². The molecule has 1 heterocycles. The number of aromatic amines is 1. The zero-order chi connectivity index (χ0) is 12.5. The molecule has 1 aromatic carbocycles. The molecule has 0 atom stereocenters. The average molecular weight is 234 g/mol. The van der Waals surface area contributed by atoms with Gasteiger partial charge >= 0.3 is 0 Å². The third-order valence-electron chi connectivity index (χ3n) is 1.07. The van der Waals surface area contributed by atoms with Crippen LogP contribution in [0.1, 0.15) is 35.5 Å². The maximum atomic E-state index is 3.60. The summed E-state index contributed by atoms with van der Waals surface area (Å²) in [5.41, 5.74) is 0. The zero-order valence-electron chi connectivity index (χ0n) is 11.4. The Balaban J connectivity index is -0.0000000756. The van der Waals surface area contributed by atoms with Crippen molar-refractivity contribution in [3.63, 3.8) is 0 Å². The van der Waals surface area contributed by atoms with Crippen LogP contribution in [0.3, 0.4) is 0 Å². The molecule has 17 heavy (non-hydrogen) atoms. The molecule has 0 amide bonds. The standard InChI is InChI=1S/C6H6.C3H4N2.C3H8.C2H6.B.H2/c1-2-4-6-5-3-1;1-2-4-5-3-1;1-3-2;1-2;;/h1-6H;1-3H,(H,4,5);3H2,1-2H3;1-2H3;;1H/i;;;;;1+1. The van der Waals surface area contributed by atoms with Crippen molar-refractivity contribution in [2.24, 2.45) is 0 Å². The topological polar surface area (TPSA) is 28.7 Å². The van der Waals surface area contributed by atoms with Gasteiger partial charge in [0.1, 0.15) is 0 Å². The lowest BCUT2D eigenvalue weighted by molar-refractivity contribution is 1.09. The second-order valence-corrected chi connectivity index (χ2v) is 2.63. The fourth-order valence-corrected chi connectivity index (χ4v) is 0.600. The fraction of sp³-hybridized carbons (Fsp3) is 0.357. The fourth-order valence-electron chi connectivity index (χ4n) is 0.600. The number of nitrogens with one attached hydrogen (secondary N) is 1. The third kappa shape index (κ3) is 25.1.